The molecule has 0 saturated carbocycles. The molecule has 0 spiro atoms. The van der Waals surface area contributed by atoms with Gasteiger partial charge >= 0.3 is 0 Å². The Labute approximate surface area is 44.2 Å². The van der Waals surface area contributed by atoms with Crippen LogP contribution in [0.1, 0.15) is 0 Å². The second-order valence-corrected chi connectivity index (χ2v) is 0.904. The van der Waals surface area contributed by atoms with Crippen LogP contribution in [0, 0.1) is 0 Å². The Morgan fingerprint density at radius 2 is 1.57 bits per heavy atom. The Balaban J connectivity index is 0.000000360. The predicted octanol–water partition coefficient (Wildman–Crippen LogP) is 0.0958. The molecule has 0 N–H and O–H groups in total. The van der Waals surface area contributed by atoms with Gasteiger partial charge in [0.25, 0.3) is 0 Å². The van der Waals surface area contributed by atoms with Gasteiger partial charge in [0.1, 0.15) is 6.33 Å². The third-order valence-corrected chi connectivity index (χ3v) is 0.478. The minimum absolute atomic E-state index is 0. The summed E-state index contributed by atoms with van der Waals surface area (Å²) in [5.74, 6) is 0. The minimum atomic E-state index is 0. The Kier molecular flexibility index (Phi) is 2.93. The van der Waals surface area contributed by atoms with E-state index in [0.717, 1.165) is 0 Å². The summed E-state index contributed by atoms with van der Waals surface area (Å²) in [5, 5.41) is 0. The van der Waals surface area contributed by atoms with Gasteiger partial charge in [0, 0.05) is 20.8 Å². The lowest BCUT2D eigenvalue weighted by Gasteiger charge is -1.70. The van der Waals surface area contributed by atoms with Crippen molar-refractivity contribution in [1.29, 1.82) is 0 Å². The van der Waals surface area contributed by atoms with Gasteiger partial charge in [-0.1, -0.05) is 0 Å². The number of hydrogen-bond acceptors (Lipinski definition) is 2. The molecule has 1 heterocycles. The number of hydrogen-bond donors (Lipinski definition) is 0. The van der Waals surface area contributed by atoms with Gasteiger partial charge in [0.05, 0.1) is 0 Å². The SMILES string of the molecule is [B].c1cncnc1. The second-order valence-electron chi connectivity index (χ2n) is 0.904. The van der Waals surface area contributed by atoms with Crippen LogP contribution in [0.4, 0.5) is 0 Å². The molecular weight excluding hydrogens is 86.9 g/mol. The third kappa shape index (κ3) is 1.92. The Hall–Kier alpha value is -0.855. The molecule has 2 nitrogen and oxygen atoms in total. The largest absolute Gasteiger partial charge is 0.245 e. The number of nitrogens with zero attached hydrogens (tertiary/aromatic N) is 2. The molecule has 7 heavy (non-hydrogen) atoms. The summed E-state index contributed by atoms with van der Waals surface area (Å²) in [6.45, 7) is 0. The van der Waals surface area contributed by atoms with E-state index < -0.39 is 0 Å². The fourth-order valence-electron chi connectivity index (χ4n) is 0.253. The van der Waals surface area contributed by atoms with Crippen molar-refractivity contribution in [1.82, 2.24) is 9.97 Å². The smallest absolute Gasteiger partial charge is 0.115 e. The van der Waals surface area contributed by atoms with Crippen LogP contribution in [-0.2, 0) is 0 Å². The van der Waals surface area contributed by atoms with Gasteiger partial charge in [0.2, 0.25) is 0 Å². The highest BCUT2D eigenvalue weighted by Crippen LogP contribution is 1.66. The van der Waals surface area contributed by atoms with E-state index >= 15 is 0 Å². The number of rotatable bonds is 0. The van der Waals surface area contributed by atoms with Crippen LogP contribution in [0.5, 0.6) is 0 Å². The average molecular weight is 90.9 g/mol. The molecule has 0 bridgehead atoms. The highest BCUT2D eigenvalue weighted by Gasteiger charge is 1.59. The van der Waals surface area contributed by atoms with Gasteiger partial charge in [-0.25, -0.2) is 9.97 Å². The van der Waals surface area contributed by atoms with Crippen molar-refractivity contribution in [2.75, 3.05) is 0 Å². The van der Waals surface area contributed by atoms with Gasteiger partial charge < -0.3 is 0 Å². The zero-order chi connectivity index (χ0) is 4.24. The molecule has 0 saturated heterocycles. The molecule has 0 aliphatic rings. The van der Waals surface area contributed by atoms with Crippen molar-refractivity contribution < 1.29 is 0 Å². The molecular formula is C4H4BN2. The molecule has 1 rings (SSSR count). The maximum atomic E-state index is 3.67. The standard InChI is InChI=1S/C4H4N2.B/c1-2-5-4-6-3-1;/h1-4H;. The first-order chi connectivity index (χ1) is 3.00. The monoisotopic (exact) mass is 91.0 g/mol. The lowest BCUT2D eigenvalue weighted by molar-refractivity contribution is 1.17. The van der Waals surface area contributed by atoms with Gasteiger partial charge in [-0.15, -0.1) is 0 Å². The topological polar surface area (TPSA) is 25.8 Å². The van der Waals surface area contributed by atoms with E-state index in [-0.39, 0.29) is 8.41 Å². The molecule has 1 aromatic rings. The quantitative estimate of drug-likeness (QED) is 0.423. The normalized spacial score (nSPS) is 6.86. The molecule has 3 radical (unpaired) electrons. The van der Waals surface area contributed by atoms with Crippen LogP contribution in [-0.4, -0.2) is 18.4 Å². The van der Waals surface area contributed by atoms with Crippen molar-refractivity contribution in [3.63, 3.8) is 0 Å². The zero-order valence-electron chi connectivity index (χ0n) is 3.78. The summed E-state index contributed by atoms with van der Waals surface area (Å²) in [6.07, 6.45) is 4.88. The van der Waals surface area contributed by atoms with Crippen LogP contribution >= 0.6 is 0 Å². The summed E-state index contributed by atoms with van der Waals surface area (Å²) in [5.41, 5.74) is 0. The molecule has 3 heteroatoms. The van der Waals surface area contributed by atoms with E-state index in [9.17, 15) is 0 Å². The van der Waals surface area contributed by atoms with E-state index in [4.69, 9.17) is 0 Å². The van der Waals surface area contributed by atoms with Crippen molar-refractivity contribution in [3.8, 4) is 0 Å². The minimum Gasteiger partial charge on any atom is -0.245 e. The highest BCUT2D eigenvalue weighted by molar-refractivity contribution is 5.75. The van der Waals surface area contributed by atoms with E-state index in [1.54, 1.807) is 18.5 Å². The molecule has 1 aromatic heterocycles. The zero-order valence-corrected chi connectivity index (χ0v) is 3.78. The Morgan fingerprint density at radius 3 is 1.71 bits per heavy atom. The van der Waals surface area contributed by atoms with Crippen molar-refractivity contribution in [2.45, 2.75) is 0 Å². The molecule has 0 aliphatic carbocycles. The van der Waals surface area contributed by atoms with Gasteiger partial charge in [0.15, 0.2) is 0 Å². The van der Waals surface area contributed by atoms with Gasteiger partial charge in [-0.05, 0) is 6.07 Å². The summed E-state index contributed by atoms with van der Waals surface area (Å²) < 4.78 is 0. The van der Waals surface area contributed by atoms with E-state index in [0.29, 0.717) is 0 Å². The van der Waals surface area contributed by atoms with Crippen LogP contribution in [0.2, 0.25) is 0 Å². The highest BCUT2D eigenvalue weighted by atomic mass is 14.8. The lowest BCUT2D eigenvalue weighted by Crippen LogP contribution is -1.66. The van der Waals surface area contributed by atoms with Gasteiger partial charge in [-0.2, -0.15) is 0 Å². The fraction of sp³-hybridized carbons (Fsp3) is 0. The number of aromatic nitrogens is 2. The molecule has 0 aliphatic heterocycles. The molecule has 0 fully saturated rings. The summed E-state index contributed by atoms with van der Waals surface area (Å²) in [7, 11) is 0. The summed E-state index contributed by atoms with van der Waals surface area (Å²) in [4.78, 5) is 7.35. The fourth-order valence-corrected chi connectivity index (χ4v) is 0.253. The average Bonchev–Trinajstić information content (AvgIpc) is 1.72. The van der Waals surface area contributed by atoms with Crippen molar-refractivity contribution in [2.24, 2.45) is 0 Å². The Morgan fingerprint density at radius 1 is 1.00 bits per heavy atom. The predicted molar refractivity (Wildman–Crippen MR) is 27.8 cm³/mol. The van der Waals surface area contributed by atoms with E-state index in [1.165, 1.54) is 6.33 Å². The molecule has 0 atom stereocenters. The maximum Gasteiger partial charge on any atom is 0.115 e. The molecule has 0 unspecified atom stereocenters. The van der Waals surface area contributed by atoms with Crippen molar-refractivity contribution in [3.05, 3.63) is 24.8 Å². The third-order valence-electron chi connectivity index (χ3n) is 0.478. The lowest BCUT2D eigenvalue weighted by atomic mass is 10.7. The molecule has 0 aromatic carbocycles. The first kappa shape index (κ1) is 6.14. The van der Waals surface area contributed by atoms with E-state index in [1.807, 2.05) is 0 Å². The van der Waals surface area contributed by atoms with Gasteiger partial charge in [-0.3, -0.25) is 0 Å². The second kappa shape index (κ2) is 3.34. The molecule has 0 amide bonds. The van der Waals surface area contributed by atoms with Crippen LogP contribution < -0.4 is 0 Å². The first-order valence-corrected chi connectivity index (χ1v) is 1.70. The summed E-state index contributed by atoms with van der Waals surface area (Å²) in [6, 6.07) is 1.78. The van der Waals surface area contributed by atoms with Crippen LogP contribution in [0.25, 0.3) is 0 Å². The molecule has 33 valence electrons. The first-order valence-electron chi connectivity index (χ1n) is 1.70. The van der Waals surface area contributed by atoms with E-state index in [2.05, 4.69) is 9.97 Å². The van der Waals surface area contributed by atoms with Crippen LogP contribution in [0.15, 0.2) is 24.8 Å². The summed E-state index contributed by atoms with van der Waals surface area (Å²) >= 11 is 0. The van der Waals surface area contributed by atoms with Crippen molar-refractivity contribution >= 4 is 8.41 Å². The van der Waals surface area contributed by atoms with Crippen LogP contribution in [0.3, 0.4) is 0 Å². The maximum absolute atomic E-state index is 3.67. The Bertz CT molecular complexity index is 81.6.